The fourth-order valence-electron chi connectivity index (χ4n) is 3.00. The van der Waals surface area contributed by atoms with Gasteiger partial charge in [-0.1, -0.05) is 24.3 Å². The molecule has 1 saturated carbocycles. The first-order valence-corrected chi connectivity index (χ1v) is 6.96. The van der Waals surface area contributed by atoms with Gasteiger partial charge in [-0.25, -0.2) is 0 Å². The number of hydrogen-bond donors (Lipinski definition) is 1. The molecule has 0 bridgehead atoms. The van der Waals surface area contributed by atoms with Crippen LogP contribution >= 0.6 is 0 Å². The van der Waals surface area contributed by atoms with Crippen LogP contribution in [0.15, 0.2) is 30.5 Å². The molecule has 1 fully saturated rings. The molecule has 100 valence electrons. The van der Waals surface area contributed by atoms with Crippen LogP contribution in [0.1, 0.15) is 35.6 Å². The van der Waals surface area contributed by atoms with Gasteiger partial charge in [0.25, 0.3) is 0 Å². The van der Waals surface area contributed by atoms with Crippen LogP contribution in [0.25, 0.3) is 0 Å². The van der Waals surface area contributed by atoms with Gasteiger partial charge in [-0.3, -0.25) is 4.68 Å². The molecule has 1 aliphatic rings. The van der Waals surface area contributed by atoms with Crippen LogP contribution in [-0.4, -0.2) is 15.8 Å². The number of aromatic nitrogens is 2. The van der Waals surface area contributed by atoms with Crippen molar-refractivity contribution in [1.29, 1.82) is 0 Å². The predicted molar refractivity (Wildman–Crippen MR) is 78.5 cm³/mol. The zero-order valence-electron chi connectivity index (χ0n) is 11.9. The van der Waals surface area contributed by atoms with Crippen LogP contribution in [0.4, 0.5) is 5.69 Å². The number of hydrogen-bond acceptors (Lipinski definition) is 2. The molecule has 1 aromatic carbocycles. The highest BCUT2D eigenvalue weighted by atomic mass is 15.3. The van der Waals surface area contributed by atoms with E-state index in [1.165, 1.54) is 29.7 Å². The van der Waals surface area contributed by atoms with Gasteiger partial charge in [0.1, 0.15) is 0 Å². The van der Waals surface area contributed by atoms with Crippen molar-refractivity contribution >= 4 is 5.69 Å². The summed E-state index contributed by atoms with van der Waals surface area (Å²) in [6, 6.07) is 9.33. The van der Waals surface area contributed by atoms with E-state index >= 15 is 0 Å². The van der Waals surface area contributed by atoms with E-state index in [-0.39, 0.29) is 0 Å². The van der Waals surface area contributed by atoms with Crippen molar-refractivity contribution in [2.75, 3.05) is 5.32 Å². The Labute approximate surface area is 114 Å². The third kappa shape index (κ3) is 2.37. The van der Waals surface area contributed by atoms with Gasteiger partial charge in [0.15, 0.2) is 0 Å². The molecule has 1 heterocycles. The van der Waals surface area contributed by atoms with Crippen molar-refractivity contribution < 1.29 is 0 Å². The molecule has 0 spiro atoms. The minimum absolute atomic E-state index is 0.590. The summed E-state index contributed by atoms with van der Waals surface area (Å²) in [5.41, 5.74) is 5.20. The molecule has 3 rings (SSSR count). The maximum atomic E-state index is 4.37. The summed E-state index contributed by atoms with van der Waals surface area (Å²) in [5.74, 6) is 0.718. The van der Waals surface area contributed by atoms with Gasteiger partial charge in [0.05, 0.1) is 11.4 Å². The molecule has 2 aromatic rings. The first kappa shape index (κ1) is 12.3. The Bertz CT molecular complexity index is 579. The van der Waals surface area contributed by atoms with Gasteiger partial charge < -0.3 is 5.32 Å². The summed E-state index contributed by atoms with van der Waals surface area (Å²) in [5, 5.41) is 7.97. The van der Waals surface area contributed by atoms with Crippen molar-refractivity contribution in [3.8, 4) is 0 Å². The fraction of sp³-hybridized carbons (Fsp3) is 0.438. The molecule has 0 amide bonds. The molecule has 0 radical (unpaired) electrons. The minimum atomic E-state index is 0.590. The van der Waals surface area contributed by atoms with E-state index in [9.17, 15) is 0 Å². The van der Waals surface area contributed by atoms with Crippen molar-refractivity contribution in [2.45, 2.75) is 38.6 Å². The maximum absolute atomic E-state index is 4.37. The second-order valence-corrected chi connectivity index (χ2v) is 5.67. The first-order chi connectivity index (χ1) is 9.13. The fourth-order valence-corrected chi connectivity index (χ4v) is 3.00. The molecule has 19 heavy (non-hydrogen) atoms. The van der Waals surface area contributed by atoms with E-state index < -0.39 is 0 Å². The largest absolute Gasteiger partial charge is 0.380 e. The first-order valence-electron chi connectivity index (χ1n) is 6.96. The highest BCUT2D eigenvalue weighted by Crippen LogP contribution is 2.39. The Morgan fingerprint density at radius 2 is 1.95 bits per heavy atom. The van der Waals surface area contributed by atoms with E-state index in [1.54, 1.807) is 0 Å². The van der Waals surface area contributed by atoms with Crippen molar-refractivity contribution in [3.63, 3.8) is 0 Å². The molecule has 0 atom stereocenters. The summed E-state index contributed by atoms with van der Waals surface area (Å²) in [6.07, 6.45) is 4.51. The Hall–Kier alpha value is -1.77. The summed E-state index contributed by atoms with van der Waals surface area (Å²) in [6.45, 7) is 4.27. The van der Waals surface area contributed by atoms with Crippen molar-refractivity contribution in [3.05, 3.63) is 47.3 Å². The highest BCUT2D eigenvalue weighted by molar-refractivity contribution is 5.47. The number of nitrogens with one attached hydrogen (secondary N) is 1. The summed E-state index contributed by atoms with van der Waals surface area (Å²) >= 11 is 0. The number of rotatable bonds is 3. The molecule has 0 unspecified atom stereocenters. The lowest BCUT2D eigenvalue weighted by Gasteiger charge is -2.37. The smallest absolute Gasteiger partial charge is 0.0825 e. The lowest BCUT2D eigenvalue weighted by molar-refractivity contribution is 0.373. The zero-order chi connectivity index (χ0) is 13.4. The van der Waals surface area contributed by atoms with Crippen molar-refractivity contribution in [2.24, 2.45) is 7.05 Å². The van der Waals surface area contributed by atoms with Gasteiger partial charge in [-0.2, -0.15) is 5.10 Å². The molecule has 3 heteroatoms. The third-order valence-electron chi connectivity index (χ3n) is 4.14. The number of anilines is 1. The number of aryl methyl sites for hydroxylation is 3. The van der Waals surface area contributed by atoms with Gasteiger partial charge in [-0.05, 0) is 43.7 Å². The maximum Gasteiger partial charge on any atom is 0.0825 e. The molecule has 0 aliphatic heterocycles. The van der Waals surface area contributed by atoms with E-state index in [0.29, 0.717) is 6.04 Å². The molecule has 1 aliphatic carbocycles. The minimum Gasteiger partial charge on any atom is -0.380 e. The van der Waals surface area contributed by atoms with Crippen LogP contribution < -0.4 is 5.32 Å². The lowest BCUT2D eigenvalue weighted by Crippen LogP contribution is -2.34. The third-order valence-corrected chi connectivity index (χ3v) is 4.14. The average Bonchev–Trinajstić information content (AvgIpc) is 2.63. The number of nitrogens with zero attached hydrogens (tertiary/aromatic N) is 2. The quantitative estimate of drug-likeness (QED) is 0.911. The van der Waals surface area contributed by atoms with Crippen LogP contribution in [0.5, 0.6) is 0 Å². The Balaban J connectivity index is 1.62. The lowest BCUT2D eigenvalue weighted by atomic mass is 9.74. The molecule has 1 aromatic heterocycles. The van der Waals surface area contributed by atoms with Gasteiger partial charge in [-0.15, -0.1) is 0 Å². The standard InChI is InChI=1S/C16H21N3/c1-11-6-4-5-7-15(11)13-8-14(9-13)17-16-10-19(3)18-12(16)2/h4-7,10,13-14,17H,8-9H2,1-3H3. The monoisotopic (exact) mass is 255 g/mol. The molecule has 1 N–H and O–H groups in total. The topological polar surface area (TPSA) is 29.9 Å². The van der Waals surface area contributed by atoms with Crippen LogP contribution in [0.3, 0.4) is 0 Å². The summed E-state index contributed by atoms with van der Waals surface area (Å²) < 4.78 is 1.87. The molecule has 3 nitrogen and oxygen atoms in total. The van der Waals surface area contributed by atoms with Crippen LogP contribution in [-0.2, 0) is 7.05 Å². The van der Waals surface area contributed by atoms with E-state index in [0.717, 1.165) is 11.6 Å². The van der Waals surface area contributed by atoms with Crippen LogP contribution in [0.2, 0.25) is 0 Å². The SMILES string of the molecule is Cc1ccccc1C1CC(Nc2cn(C)nc2C)C1. The van der Waals surface area contributed by atoms with Gasteiger partial charge >= 0.3 is 0 Å². The number of benzene rings is 1. The van der Waals surface area contributed by atoms with Crippen LogP contribution in [0, 0.1) is 13.8 Å². The van der Waals surface area contributed by atoms with E-state index in [4.69, 9.17) is 0 Å². The van der Waals surface area contributed by atoms with Gasteiger partial charge in [0.2, 0.25) is 0 Å². The Kier molecular flexibility index (Phi) is 3.05. The normalized spacial score (nSPS) is 22.1. The predicted octanol–water partition coefficient (Wildman–Crippen LogP) is 3.40. The van der Waals surface area contributed by atoms with E-state index in [1.807, 2.05) is 11.7 Å². The zero-order valence-corrected chi connectivity index (χ0v) is 11.9. The Morgan fingerprint density at radius 3 is 2.58 bits per heavy atom. The van der Waals surface area contributed by atoms with Crippen molar-refractivity contribution in [1.82, 2.24) is 9.78 Å². The Morgan fingerprint density at radius 1 is 1.21 bits per heavy atom. The summed E-state index contributed by atoms with van der Waals surface area (Å²) in [4.78, 5) is 0. The second kappa shape index (κ2) is 4.72. The van der Waals surface area contributed by atoms with E-state index in [2.05, 4.69) is 54.7 Å². The average molecular weight is 255 g/mol. The second-order valence-electron chi connectivity index (χ2n) is 5.67. The molecular weight excluding hydrogens is 234 g/mol. The van der Waals surface area contributed by atoms with Gasteiger partial charge in [0, 0.05) is 19.3 Å². The molecule has 0 saturated heterocycles. The highest BCUT2D eigenvalue weighted by Gasteiger charge is 2.31. The summed E-state index contributed by atoms with van der Waals surface area (Å²) in [7, 11) is 1.97. The molecular formula is C16H21N3.